The van der Waals surface area contributed by atoms with Gasteiger partial charge in [0.2, 0.25) is 10.0 Å². The third-order valence-corrected chi connectivity index (χ3v) is 5.64. The number of rotatable bonds is 8. The minimum atomic E-state index is -3.67. The highest BCUT2D eigenvalue weighted by Gasteiger charge is 2.18. The number of hydrogen-bond donors (Lipinski definition) is 2. The van der Waals surface area contributed by atoms with Crippen LogP contribution in [0.25, 0.3) is 0 Å². The largest absolute Gasteiger partial charge is 0.497 e. The molecule has 156 valence electrons. The van der Waals surface area contributed by atoms with E-state index in [0.29, 0.717) is 5.75 Å². The second-order valence-corrected chi connectivity index (χ2v) is 8.31. The lowest BCUT2D eigenvalue weighted by molar-refractivity contribution is -0.126. The summed E-state index contributed by atoms with van der Waals surface area (Å²) in [6, 6.07) is 12.7. The molecule has 0 aliphatic rings. The van der Waals surface area contributed by atoms with Crippen LogP contribution in [0, 0.1) is 0 Å². The van der Waals surface area contributed by atoms with Crippen molar-refractivity contribution in [2.24, 2.45) is 0 Å². The minimum absolute atomic E-state index is 0.0249. The maximum Gasteiger partial charge on any atom is 0.269 e. The SMILES string of the molecule is COc1cccc(COCC(=O)NNC(=O)c2cccc(S(=O)(=O)N(C)C)c2)c1. The van der Waals surface area contributed by atoms with Gasteiger partial charge in [0.15, 0.2) is 0 Å². The number of methoxy groups -OCH3 is 1. The molecule has 0 aromatic heterocycles. The number of benzene rings is 2. The van der Waals surface area contributed by atoms with Gasteiger partial charge in [0, 0.05) is 19.7 Å². The molecule has 0 saturated heterocycles. The summed E-state index contributed by atoms with van der Waals surface area (Å²) in [6.07, 6.45) is 0. The van der Waals surface area contributed by atoms with E-state index in [4.69, 9.17) is 9.47 Å². The van der Waals surface area contributed by atoms with Gasteiger partial charge < -0.3 is 9.47 Å². The highest BCUT2D eigenvalue weighted by Crippen LogP contribution is 2.15. The molecule has 0 fully saturated rings. The van der Waals surface area contributed by atoms with Gasteiger partial charge >= 0.3 is 0 Å². The van der Waals surface area contributed by atoms with E-state index < -0.39 is 21.8 Å². The minimum Gasteiger partial charge on any atom is -0.497 e. The molecule has 2 N–H and O–H groups in total. The van der Waals surface area contributed by atoms with Crippen molar-refractivity contribution < 1.29 is 27.5 Å². The summed E-state index contributed by atoms with van der Waals surface area (Å²) in [6.45, 7) is -0.0739. The van der Waals surface area contributed by atoms with Crippen molar-refractivity contribution in [2.45, 2.75) is 11.5 Å². The highest BCUT2D eigenvalue weighted by molar-refractivity contribution is 7.89. The molecular weight excluding hydrogens is 398 g/mol. The molecule has 2 rings (SSSR count). The number of carbonyl (C=O) groups excluding carboxylic acids is 2. The molecule has 0 atom stereocenters. The van der Waals surface area contributed by atoms with Gasteiger partial charge in [0.05, 0.1) is 18.6 Å². The molecule has 0 unspecified atom stereocenters. The van der Waals surface area contributed by atoms with E-state index in [-0.39, 0.29) is 23.7 Å². The van der Waals surface area contributed by atoms with Gasteiger partial charge in [-0.05, 0) is 35.9 Å². The Labute approximate surface area is 169 Å². The van der Waals surface area contributed by atoms with Crippen LogP contribution >= 0.6 is 0 Å². The van der Waals surface area contributed by atoms with Gasteiger partial charge in [-0.15, -0.1) is 0 Å². The summed E-state index contributed by atoms with van der Waals surface area (Å²) in [5, 5.41) is 0. The number of amides is 2. The Kier molecular flexibility index (Phi) is 7.71. The van der Waals surface area contributed by atoms with Crippen LogP contribution in [0.5, 0.6) is 5.75 Å². The Morgan fingerprint density at radius 1 is 1.03 bits per heavy atom. The van der Waals surface area contributed by atoms with Crippen LogP contribution in [-0.2, 0) is 26.2 Å². The Morgan fingerprint density at radius 3 is 2.45 bits per heavy atom. The smallest absolute Gasteiger partial charge is 0.269 e. The zero-order valence-electron chi connectivity index (χ0n) is 16.3. The van der Waals surface area contributed by atoms with Gasteiger partial charge in [-0.25, -0.2) is 12.7 Å². The zero-order chi connectivity index (χ0) is 21.4. The van der Waals surface area contributed by atoms with Gasteiger partial charge in [0.1, 0.15) is 12.4 Å². The fourth-order valence-corrected chi connectivity index (χ4v) is 3.22. The first-order chi connectivity index (χ1) is 13.7. The number of sulfonamides is 1. The summed E-state index contributed by atoms with van der Waals surface area (Å²) >= 11 is 0. The molecule has 0 radical (unpaired) electrons. The van der Waals surface area contributed by atoms with E-state index in [2.05, 4.69) is 10.9 Å². The fraction of sp³-hybridized carbons (Fsp3) is 0.263. The first-order valence-corrected chi connectivity index (χ1v) is 10.0. The van der Waals surface area contributed by atoms with Gasteiger partial charge in [0.25, 0.3) is 11.8 Å². The first-order valence-electron chi connectivity index (χ1n) is 8.56. The second kappa shape index (κ2) is 10.0. The van der Waals surface area contributed by atoms with E-state index in [0.717, 1.165) is 9.87 Å². The first kappa shape index (κ1) is 22.3. The van der Waals surface area contributed by atoms with Crippen molar-refractivity contribution in [1.82, 2.24) is 15.2 Å². The van der Waals surface area contributed by atoms with Crippen LogP contribution in [-0.4, -0.2) is 52.3 Å². The van der Waals surface area contributed by atoms with Gasteiger partial charge in [-0.1, -0.05) is 18.2 Å². The molecule has 9 nitrogen and oxygen atoms in total. The molecule has 0 heterocycles. The van der Waals surface area contributed by atoms with Gasteiger partial charge in [-0.2, -0.15) is 0 Å². The van der Waals surface area contributed by atoms with Crippen molar-refractivity contribution in [1.29, 1.82) is 0 Å². The van der Waals surface area contributed by atoms with Crippen LogP contribution in [0.3, 0.4) is 0 Å². The topological polar surface area (TPSA) is 114 Å². The quantitative estimate of drug-likeness (QED) is 0.613. The molecule has 2 aromatic carbocycles. The third kappa shape index (κ3) is 6.28. The van der Waals surface area contributed by atoms with E-state index in [9.17, 15) is 18.0 Å². The normalized spacial score (nSPS) is 11.2. The number of carbonyl (C=O) groups is 2. The average molecular weight is 421 g/mol. The molecule has 0 bridgehead atoms. The number of nitrogens with zero attached hydrogens (tertiary/aromatic N) is 1. The molecular formula is C19H23N3O6S. The molecule has 0 spiro atoms. The summed E-state index contributed by atoms with van der Waals surface area (Å²) in [7, 11) is 0.680. The van der Waals surface area contributed by atoms with Crippen molar-refractivity contribution in [2.75, 3.05) is 27.8 Å². The molecule has 2 amide bonds. The van der Waals surface area contributed by atoms with Crippen molar-refractivity contribution >= 4 is 21.8 Å². The predicted octanol–water partition coefficient (Wildman–Crippen LogP) is 0.923. The van der Waals surface area contributed by atoms with Crippen molar-refractivity contribution in [3.05, 3.63) is 59.7 Å². The van der Waals surface area contributed by atoms with Crippen molar-refractivity contribution in [3.63, 3.8) is 0 Å². The second-order valence-electron chi connectivity index (χ2n) is 6.16. The molecule has 2 aromatic rings. The summed E-state index contributed by atoms with van der Waals surface area (Å²) in [5.74, 6) is -0.526. The van der Waals surface area contributed by atoms with E-state index in [1.54, 1.807) is 19.2 Å². The fourth-order valence-electron chi connectivity index (χ4n) is 2.27. The molecule has 0 saturated carbocycles. The van der Waals surface area contributed by atoms with E-state index in [1.165, 1.54) is 38.4 Å². The molecule has 0 aliphatic carbocycles. The van der Waals surface area contributed by atoms with E-state index in [1.807, 2.05) is 12.1 Å². The Morgan fingerprint density at radius 2 is 1.76 bits per heavy atom. The van der Waals surface area contributed by atoms with Crippen LogP contribution in [0.15, 0.2) is 53.4 Å². The number of ether oxygens (including phenoxy) is 2. The standard InChI is InChI=1S/C19H23N3O6S/c1-22(2)29(25,26)17-9-5-7-15(11-17)19(24)21-20-18(23)13-28-12-14-6-4-8-16(10-14)27-3/h4-11H,12-13H2,1-3H3,(H,20,23)(H,21,24). The Bertz CT molecular complexity index is 975. The van der Waals surface area contributed by atoms with Crippen molar-refractivity contribution in [3.8, 4) is 5.75 Å². The number of nitrogens with one attached hydrogen (secondary N) is 2. The summed E-state index contributed by atoms with van der Waals surface area (Å²) in [4.78, 5) is 24.0. The maximum atomic E-state index is 12.2. The van der Waals surface area contributed by atoms with Crippen LogP contribution in [0.4, 0.5) is 0 Å². The lowest BCUT2D eigenvalue weighted by Crippen LogP contribution is -2.43. The predicted molar refractivity (Wildman–Crippen MR) is 106 cm³/mol. The maximum absolute atomic E-state index is 12.2. The zero-order valence-corrected chi connectivity index (χ0v) is 17.2. The molecule has 29 heavy (non-hydrogen) atoms. The third-order valence-electron chi connectivity index (χ3n) is 3.83. The summed E-state index contributed by atoms with van der Waals surface area (Å²) < 4.78 is 35.8. The Hall–Kier alpha value is -2.95. The lowest BCUT2D eigenvalue weighted by atomic mass is 10.2. The number of hydrazine groups is 1. The lowest BCUT2D eigenvalue weighted by Gasteiger charge is -2.12. The van der Waals surface area contributed by atoms with E-state index >= 15 is 0 Å². The molecule has 0 aliphatic heterocycles. The molecule has 10 heteroatoms. The highest BCUT2D eigenvalue weighted by atomic mass is 32.2. The Balaban J connectivity index is 1.85. The van der Waals surface area contributed by atoms with Crippen LogP contribution in [0.1, 0.15) is 15.9 Å². The van der Waals surface area contributed by atoms with Gasteiger partial charge in [-0.3, -0.25) is 20.4 Å². The monoisotopic (exact) mass is 421 g/mol. The van der Waals surface area contributed by atoms with Crippen LogP contribution in [0.2, 0.25) is 0 Å². The average Bonchev–Trinajstić information content (AvgIpc) is 2.72. The van der Waals surface area contributed by atoms with Crippen LogP contribution < -0.4 is 15.6 Å². The summed E-state index contributed by atoms with van der Waals surface area (Å²) in [5.41, 5.74) is 5.37. The number of hydrogen-bond acceptors (Lipinski definition) is 6.